The van der Waals surface area contributed by atoms with Crippen molar-refractivity contribution in [1.82, 2.24) is 20.6 Å². The molecule has 0 radical (unpaired) electrons. The summed E-state index contributed by atoms with van der Waals surface area (Å²) in [5.74, 6) is 1.51. The maximum atomic E-state index is 12.7. The predicted octanol–water partition coefficient (Wildman–Crippen LogP) is 3.80. The molecule has 0 atom stereocenters. The van der Waals surface area contributed by atoms with Gasteiger partial charge in [-0.05, 0) is 43.9 Å². The van der Waals surface area contributed by atoms with E-state index in [0.717, 1.165) is 41.2 Å². The molecule has 0 aromatic carbocycles. The van der Waals surface area contributed by atoms with Crippen LogP contribution < -0.4 is 15.5 Å². The molecule has 6 nitrogen and oxygen atoms in total. The van der Waals surface area contributed by atoms with Gasteiger partial charge in [0.2, 0.25) is 0 Å². The fourth-order valence-corrected chi connectivity index (χ4v) is 3.79. The Morgan fingerprint density at radius 2 is 2.03 bits per heavy atom. The van der Waals surface area contributed by atoms with Gasteiger partial charge in [0.15, 0.2) is 11.7 Å². The first-order valence-corrected chi connectivity index (χ1v) is 10.6. The van der Waals surface area contributed by atoms with Crippen LogP contribution in [0.25, 0.3) is 0 Å². The Balaban J connectivity index is 1.61. The van der Waals surface area contributed by atoms with Gasteiger partial charge in [-0.2, -0.15) is 13.2 Å². The Kier molecular flexibility index (Phi) is 7.29. The van der Waals surface area contributed by atoms with E-state index in [1.807, 2.05) is 13.0 Å². The zero-order valence-corrected chi connectivity index (χ0v) is 17.1. The van der Waals surface area contributed by atoms with Crippen LogP contribution in [0.2, 0.25) is 0 Å². The van der Waals surface area contributed by atoms with Crippen LogP contribution in [0, 0.1) is 0 Å². The van der Waals surface area contributed by atoms with E-state index in [1.54, 1.807) is 6.20 Å². The van der Waals surface area contributed by atoms with Gasteiger partial charge in [0.05, 0.1) is 13.1 Å². The Morgan fingerprint density at radius 1 is 1.24 bits per heavy atom. The quantitative estimate of drug-likeness (QED) is 0.543. The fourth-order valence-electron chi connectivity index (χ4n) is 3.05. The standard InChI is InChI=1S/C19H25F3N6S/c1-2-23-18(26-12-17-27-15(13-29-17)19(20,21)22)25-11-14-6-7-24-16(10-14)28-8-4-3-5-9-28/h6-7,10,13H,2-5,8-9,11-12H2,1H3,(H2,23,25,26). The number of alkyl halides is 3. The third kappa shape index (κ3) is 6.31. The number of hydrogen-bond donors (Lipinski definition) is 2. The molecule has 1 saturated heterocycles. The number of guanidine groups is 1. The third-order valence-electron chi connectivity index (χ3n) is 4.50. The summed E-state index contributed by atoms with van der Waals surface area (Å²) in [7, 11) is 0. The lowest BCUT2D eigenvalue weighted by Crippen LogP contribution is -2.36. The van der Waals surface area contributed by atoms with Crippen LogP contribution in [-0.2, 0) is 19.3 Å². The lowest BCUT2D eigenvalue weighted by Gasteiger charge is -2.27. The Bertz CT molecular complexity index is 814. The molecular formula is C19H25F3N6S. The molecule has 0 amide bonds. The van der Waals surface area contributed by atoms with E-state index in [-0.39, 0.29) is 6.54 Å². The van der Waals surface area contributed by atoms with Crippen LogP contribution in [0.4, 0.5) is 19.0 Å². The zero-order valence-electron chi connectivity index (χ0n) is 16.3. The van der Waals surface area contributed by atoms with Gasteiger partial charge in [0.25, 0.3) is 0 Å². The van der Waals surface area contributed by atoms with Crippen molar-refractivity contribution in [1.29, 1.82) is 0 Å². The SMILES string of the molecule is CCNC(=NCc1ccnc(N2CCCCC2)c1)NCc1nc(C(F)(F)F)cs1. The van der Waals surface area contributed by atoms with Gasteiger partial charge in [-0.15, -0.1) is 11.3 Å². The topological polar surface area (TPSA) is 65.4 Å². The molecule has 0 bridgehead atoms. The Labute approximate surface area is 172 Å². The van der Waals surface area contributed by atoms with Gasteiger partial charge < -0.3 is 15.5 Å². The number of pyridine rings is 1. The first kappa shape index (κ1) is 21.4. The molecule has 3 heterocycles. The Hall–Kier alpha value is -2.36. The molecule has 1 aliphatic heterocycles. The molecule has 1 aliphatic rings. The lowest BCUT2D eigenvalue weighted by atomic mass is 10.1. The van der Waals surface area contributed by atoms with Crippen molar-refractivity contribution in [2.24, 2.45) is 4.99 Å². The maximum Gasteiger partial charge on any atom is 0.434 e. The molecule has 2 N–H and O–H groups in total. The van der Waals surface area contributed by atoms with E-state index < -0.39 is 11.9 Å². The van der Waals surface area contributed by atoms with E-state index in [4.69, 9.17) is 0 Å². The summed E-state index contributed by atoms with van der Waals surface area (Å²) in [6, 6.07) is 3.98. The number of aromatic nitrogens is 2. The molecule has 1 fully saturated rings. The van der Waals surface area contributed by atoms with Crippen LogP contribution in [0.1, 0.15) is 42.5 Å². The highest BCUT2D eigenvalue weighted by atomic mass is 32.1. The van der Waals surface area contributed by atoms with Crippen LogP contribution in [0.3, 0.4) is 0 Å². The highest BCUT2D eigenvalue weighted by Gasteiger charge is 2.33. The molecule has 2 aromatic heterocycles. The number of hydrogen-bond acceptors (Lipinski definition) is 5. The van der Waals surface area contributed by atoms with Crippen molar-refractivity contribution in [3.8, 4) is 0 Å². The minimum absolute atomic E-state index is 0.182. The van der Waals surface area contributed by atoms with Crippen molar-refractivity contribution < 1.29 is 13.2 Å². The van der Waals surface area contributed by atoms with Crippen molar-refractivity contribution in [2.75, 3.05) is 24.5 Å². The summed E-state index contributed by atoms with van der Waals surface area (Å²) in [6.07, 6.45) is 1.02. The lowest BCUT2D eigenvalue weighted by molar-refractivity contribution is -0.140. The molecule has 10 heteroatoms. The number of anilines is 1. The second-order valence-corrected chi connectivity index (χ2v) is 7.69. The summed E-state index contributed by atoms with van der Waals surface area (Å²) >= 11 is 0.979. The molecule has 0 aliphatic carbocycles. The van der Waals surface area contributed by atoms with Crippen molar-refractivity contribution in [3.05, 3.63) is 40.0 Å². The van der Waals surface area contributed by atoms with Gasteiger partial charge in [0, 0.05) is 31.2 Å². The van der Waals surface area contributed by atoms with Gasteiger partial charge in [-0.3, -0.25) is 0 Å². The second-order valence-electron chi connectivity index (χ2n) is 6.74. The number of nitrogens with one attached hydrogen (secondary N) is 2. The van der Waals surface area contributed by atoms with E-state index in [2.05, 4.69) is 36.6 Å². The van der Waals surface area contributed by atoms with Crippen LogP contribution in [0.5, 0.6) is 0 Å². The summed E-state index contributed by atoms with van der Waals surface area (Å²) in [5.41, 5.74) is 0.176. The number of piperidine rings is 1. The van der Waals surface area contributed by atoms with E-state index in [0.29, 0.717) is 24.1 Å². The largest absolute Gasteiger partial charge is 0.434 e. The molecule has 0 unspecified atom stereocenters. The molecule has 3 rings (SSSR count). The number of nitrogens with zero attached hydrogens (tertiary/aromatic N) is 4. The van der Waals surface area contributed by atoms with E-state index >= 15 is 0 Å². The third-order valence-corrected chi connectivity index (χ3v) is 5.35. The normalized spacial score (nSPS) is 15.4. The Morgan fingerprint density at radius 3 is 2.72 bits per heavy atom. The molecule has 158 valence electrons. The summed E-state index contributed by atoms with van der Waals surface area (Å²) in [5, 5.41) is 7.54. The second kappa shape index (κ2) is 9.91. The van der Waals surface area contributed by atoms with Crippen molar-refractivity contribution in [2.45, 2.75) is 45.5 Å². The first-order chi connectivity index (χ1) is 14.0. The maximum absolute atomic E-state index is 12.7. The molecule has 0 saturated carbocycles. The minimum atomic E-state index is -4.42. The average Bonchev–Trinajstić information content (AvgIpc) is 3.21. The fraction of sp³-hybridized carbons (Fsp3) is 0.526. The van der Waals surface area contributed by atoms with E-state index in [9.17, 15) is 13.2 Å². The van der Waals surface area contributed by atoms with Gasteiger partial charge in [-0.1, -0.05) is 0 Å². The summed E-state index contributed by atoms with van der Waals surface area (Å²) in [6.45, 7) is 5.26. The number of halogens is 3. The van der Waals surface area contributed by atoms with Crippen molar-refractivity contribution in [3.63, 3.8) is 0 Å². The van der Waals surface area contributed by atoms with Crippen LogP contribution in [0.15, 0.2) is 28.7 Å². The van der Waals surface area contributed by atoms with Gasteiger partial charge in [-0.25, -0.2) is 15.0 Å². The summed E-state index contributed by atoms with van der Waals surface area (Å²) in [4.78, 5) is 14.9. The molecule has 2 aromatic rings. The smallest absolute Gasteiger partial charge is 0.357 e. The van der Waals surface area contributed by atoms with E-state index in [1.165, 1.54) is 19.3 Å². The van der Waals surface area contributed by atoms with Crippen molar-refractivity contribution >= 4 is 23.1 Å². The van der Waals surface area contributed by atoms with Gasteiger partial charge in [0.1, 0.15) is 10.8 Å². The van der Waals surface area contributed by atoms with Crippen LogP contribution in [-0.4, -0.2) is 35.6 Å². The average molecular weight is 427 g/mol. The molecule has 29 heavy (non-hydrogen) atoms. The summed E-state index contributed by atoms with van der Waals surface area (Å²) < 4.78 is 38.0. The highest BCUT2D eigenvalue weighted by Crippen LogP contribution is 2.29. The highest BCUT2D eigenvalue weighted by molar-refractivity contribution is 7.09. The molecular weight excluding hydrogens is 401 g/mol. The monoisotopic (exact) mass is 426 g/mol. The zero-order chi connectivity index (χ0) is 20.7. The number of thiazole rings is 1. The molecule has 0 spiro atoms. The predicted molar refractivity (Wildman–Crippen MR) is 109 cm³/mol. The number of rotatable bonds is 6. The number of aliphatic imine (C=N–C) groups is 1. The van der Waals surface area contributed by atoms with Gasteiger partial charge >= 0.3 is 6.18 Å². The first-order valence-electron chi connectivity index (χ1n) is 9.69. The van der Waals surface area contributed by atoms with Crippen LogP contribution >= 0.6 is 11.3 Å². The minimum Gasteiger partial charge on any atom is -0.357 e.